The molecule has 112 valence electrons. The van der Waals surface area contributed by atoms with Crippen LogP contribution in [0, 0.1) is 17.0 Å². The number of aromatic nitrogens is 1. The monoisotopic (exact) mass is 309 g/mol. The molecule has 0 saturated heterocycles. The Bertz CT molecular complexity index is 681. The number of thiazole rings is 1. The molecule has 0 saturated carbocycles. The molecule has 21 heavy (non-hydrogen) atoms. The Kier molecular flexibility index (Phi) is 3.58. The lowest BCUT2D eigenvalue weighted by atomic mass is 9.77. The van der Waals surface area contributed by atoms with Crippen LogP contribution in [0.25, 0.3) is 0 Å². The molecule has 2 aromatic rings. The summed E-state index contributed by atoms with van der Waals surface area (Å²) in [7, 11) is 0. The van der Waals surface area contributed by atoms with Gasteiger partial charge >= 0.3 is 0 Å². The number of rotatable bonds is 2. The van der Waals surface area contributed by atoms with E-state index in [1.807, 2.05) is 0 Å². The maximum atomic E-state index is 13.7. The first-order valence-electron chi connectivity index (χ1n) is 6.94. The molecule has 1 aliphatic rings. The zero-order valence-electron chi connectivity index (χ0n) is 12.0. The summed E-state index contributed by atoms with van der Waals surface area (Å²) in [6.07, 6.45) is 1.37. The van der Waals surface area contributed by atoms with E-state index in [0.29, 0.717) is 18.4 Å². The van der Waals surface area contributed by atoms with E-state index >= 15 is 0 Å². The van der Waals surface area contributed by atoms with Gasteiger partial charge < -0.3 is 5.11 Å². The van der Waals surface area contributed by atoms with Gasteiger partial charge in [-0.2, -0.15) is 0 Å². The lowest BCUT2D eigenvalue weighted by molar-refractivity contribution is 0.102. The first kappa shape index (κ1) is 14.6. The molecule has 1 aromatic heterocycles. The molecule has 1 N–H and O–H groups in total. The van der Waals surface area contributed by atoms with Gasteiger partial charge in [-0.15, -0.1) is 11.3 Å². The fourth-order valence-corrected chi connectivity index (χ4v) is 3.94. The zero-order valence-corrected chi connectivity index (χ0v) is 12.8. The van der Waals surface area contributed by atoms with E-state index < -0.39 is 17.7 Å². The Balaban J connectivity index is 1.88. The maximum absolute atomic E-state index is 13.7. The second kappa shape index (κ2) is 5.14. The molecule has 0 fully saturated rings. The number of hydrogen-bond acceptors (Lipinski definition) is 3. The minimum Gasteiger partial charge on any atom is -0.387 e. The van der Waals surface area contributed by atoms with Crippen molar-refractivity contribution in [3.63, 3.8) is 0 Å². The van der Waals surface area contributed by atoms with E-state index in [4.69, 9.17) is 0 Å². The van der Waals surface area contributed by atoms with Gasteiger partial charge in [0.05, 0.1) is 21.7 Å². The van der Waals surface area contributed by atoms with E-state index in [-0.39, 0.29) is 5.41 Å². The highest BCUT2D eigenvalue weighted by atomic mass is 32.1. The molecule has 0 bridgehead atoms. The second-order valence-electron chi connectivity index (χ2n) is 6.39. The molecule has 3 rings (SSSR count). The van der Waals surface area contributed by atoms with Gasteiger partial charge in [-0.05, 0) is 29.9 Å². The molecule has 0 radical (unpaired) electrons. The first-order valence-corrected chi connectivity index (χ1v) is 7.76. The normalized spacial score (nSPS) is 20.3. The predicted octanol–water partition coefficient (Wildman–Crippen LogP) is 4.02. The third kappa shape index (κ3) is 2.99. The van der Waals surface area contributed by atoms with Crippen LogP contribution in [0.1, 0.15) is 47.5 Å². The van der Waals surface area contributed by atoms with Crippen LogP contribution in [0.2, 0.25) is 0 Å². The van der Waals surface area contributed by atoms with Crippen LogP contribution in [-0.4, -0.2) is 10.1 Å². The summed E-state index contributed by atoms with van der Waals surface area (Å²) in [6.45, 7) is 4.22. The second-order valence-corrected chi connectivity index (χ2v) is 7.51. The van der Waals surface area contributed by atoms with Gasteiger partial charge in [0, 0.05) is 12.5 Å². The Hall–Kier alpha value is -1.33. The van der Waals surface area contributed by atoms with Crippen molar-refractivity contribution < 1.29 is 13.9 Å². The van der Waals surface area contributed by atoms with Gasteiger partial charge in [-0.1, -0.05) is 19.9 Å². The Morgan fingerprint density at radius 1 is 1.38 bits per heavy atom. The Morgan fingerprint density at radius 3 is 2.86 bits per heavy atom. The highest BCUT2D eigenvalue weighted by Crippen LogP contribution is 2.43. The zero-order chi connectivity index (χ0) is 15.2. The summed E-state index contributed by atoms with van der Waals surface area (Å²) in [5.74, 6) is -1.13. The predicted molar refractivity (Wildman–Crippen MR) is 78.3 cm³/mol. The van der Waals surface area contributed by atoms with Crippen molar-refractivity contribution in [1.82, 2.24) is 4.98 Å². The highest BCUT2D eigenvalue weighted by Gasteiger charge is 2.34. The van der Waals surface area contributed by atoms with Crippen LogP contribution in [0.3, 0.4) is 0 Å². The minimum absolute atomic E-state index is 0.0267. The number of benzene rings is 1. The molecule has 0 aliphatic heterocycles. The number of fused-ring (bicyclic) bond motifs is 1. The van der Waals surface area contributed by atoms with E-state index in [1.54, 1.807) is 0 Å². The quantitative estimate of drug-likeness (QED) is 0.909. The highest BCUT2D eigenvalue weighted by molar-refractivity contribution is 7.11. The minimum atomic E-state index is -0.577. The summed E-state index contributed by atoms with van der Waals surface area (Å²) >= 11 is 1.43. The lowest BCUT2D eigenvalue weighted by Gasteiger charge is -2.31. The van der Waals surface area contributed by atoms with E-state index in [0.717, 1.165) is 28.1 Å². The third-order valence-corrected chi connectivity index (χ3v) is 5.02. The Labute approximate surface area is 126 Å². The van der Waals surface area contributed by atoms with Crippen LogP contribution in [0.5, 0.6) is 0 Å². The molecule has 2 nitrogen and oxygen atoms in total. The summed E-state index contributed by atoms with van der Waals surface area (Å²) in [4.78, 5) is 5.45. The molecule has 1 aromatic carbocycles. The van der Waals surface area contributed by atoms with Gasteiger partial charge in [0.1, 0.15) is 11.6 Å². The van der Waals surface area contributed by atoms with Crippen molar-refractivity contribution >= 4 is 11.3 Å². The average Bonchev–Trinajstić information content (AvgIpc) is 2.74. The summed E-state index contributed by atoms with van der Waals surface area (Å²) < 4.78 is 26.6. The first-order chi connectivity index (χ1) is 9.84. The molecule has 1 heterocycles. The van der Waals surface area contributed by atoms with E-state index in [9.17, 15) is 13.9 Å². The average molecular weight is 309 g/mol. The summed E-state index contributed by atoms with van der Waals surface area (Å²) in [6, 6.07) is 3.59. The topological polar surface area (TPSA) is 33.1 Å². The molecule has 0 spiro atoms. The number of nitrogens with zero attached hydrogens (tertiary/aromatic N) is 1. The maximum Gasteiger partial charge on any atom is 0.129 e. The summed E-state index contributed by atoms with van der Waals surface area (Å²) in [5.41, 5.74) is 1.37. The molecule has 1 unspecified atom stereocenters. The van der Waals surface area contributed by atoms with Crippen LogP contribution in [-0.2, 0) is 12.8 Å². The molecular formula is C16H17F2NOS. The van der Waals surface area contributed by atoms with Gasteiger partial charge in [-0.25, -0.2) is 13.8 Å². The number of hydrogen-bond donors (Lipinski definition) is 1. The van der Waals surface area contributed by atoms with Gasteiger partial charge in [-0.3, -0.25) is 0 Å². The number of halogens is 2. The van der Waals surface area contributed by atoms with Crippen molar-refractivity contribution in [2.75, 3.05) is 0 Å². The summed E-state index contributed by atoms with van der Waals surface area (Å²) in [5, 5.41) is 11.0. The third-order valence-electron chi connectivity index (χ3n) is 3.82. The van der Waals surface area contributed by atoms with Crippen LogP contribution < -0.4 is 0 Å². The van der Waals surface area contributed by atoms with Gasteiger partial charge in [0.25, 0.3) is 0 Å². The van der Waals surface area contributed by atoms with Crippen molar-refractivity contribution in [3.05, 3.63) is 51.0 Å². The van der Waals surface area contributed by atoms with Crippen LogP contribution in [0.15, 0.2) is 18.2 Å². The molecular weight excluding hydrogens is 292 g/mol. The standard InChI is InChI=1S/C16H17F2NOS/c1-16(2)7-12-15(13(20)8-16)21-14(19-12)5-9-3-4-10(17)6-11(9)18/h3-4,6,13,20H,5,7-8H2,1-2H3. The lowest BCUT2D eigenvalue weighted by Crippen LogP contribution is -2.24. The van der Waals surface area contributed by atoms with E-state index in [2.05, 4.69) is 18.8 Å². The van der Waals surface area contributed by atoms with Crippen LogP contribution in [0.4, 0.5) is 8.78 Å². The number of aliphatic hydroxyl groups excluding tert-OH is 1. The molecule has 1 atom stereocenters. The Morgan fingerprint density at radius 2 is 2.14 bits per heavy atom. The van der Waals surface area contributed by atoms with Crippen molar-refractivity contribution in [3.8, 4) is 0 Å². The number of aliphatic hydroxyl groups is 1. The fourth-order valence-electron chi connectivity index (χ4n) is 2.85. The largest absolute Gasteiger partial charge is 0.387 e. The van der Waals surface area contributed by atoms with Crippen LogP contribution >= 0.6 is 11.3 Å². The molecule has 5 heteroatoms. The smallest absolute Gasteiger partial charge is 0.129 e. The molecule has 0 amide bonds. The molecule has 1 aliphatic carbocycles. The van der Waals surface area contributed by atoms with Gasteiger partial charge in [0.15, 0.2) is 0 Å². The van der Waals surface area contributed by atoms with Crippen molar-refractivity contribution in [2.24, 2.45) is 5.41 Å². The van der Waals surface area contributed by atoms with Crippen molar-refractivity contribution in [2.45, 2.75) is 39.2 Å². The fraction of sp³-hybridized carbons (Fsp3) is 0.438. The van der Waals surface area contributed by atoms with Crippen molar-refractivity contribution in [1.29, 1.82) is 0 Å². The van der Waals surface area contributed by atoms with Gasteiger partial charge in [0.2, 0.25) is 0 Å². The van der Waals surface area contributed by atoms with E-state index in [1.165, 1.54) is 23.5 Å². The SMILES string of the molecule is CC1(C)Cc2nc(Cc3ccc(F)cc3F)sc2C(O)C1.